The van der Waals surface area contributed by atoms with Crippen molar-refractivity contribution < 1.29 is 17.9 Å². The number of hydrogen-bond donors (Lipinski definition) is 2. The Morgan fingerprint density at radius 2 is 2.21 bits per heavy atom. The summed E-state index contributed by atoms with van der Waals surface area (Å²) in [6.07, 6.45) is 3.29. The quantitative estimate of drug-likeness (QED) is 0.647. The van der Waals surface area contributed by atoms with Gasteiger partial charge in [-0.3, -0.25) is 10.1 Å². The zero-order valence-electron chi connectivity index (χ0n) is 15.3. The maximum atomic E-state index is 12.6. The summed E-state index contributed by atoms with van der Waals surface area (Å²) in [6, 6.07) is 4.11. The summed E-state index contributed by atoms with van der Waals surface area (Å²) in [5, 5.41) is 11.8. The van der Waals surface area contributed by atoms with Crippen molar-refractivity contribution in [3.63, 3.8) is 0 Å². The number of carbonyl (C=O) groups is 1. The Labute approximate surface area is 172 Å². The molecule has 1 aromatic heterocycles. The molecule has 8 nitrogen and oxygen atoms in total. The Bertz CT molecular complexity index is 942. The Morgan fingerprint density at radius 3 is 2.93 bits per heavy atom. The summed E-state index contributed by atoms with van der Waals surface area (Å²) in [7, 11) is -3.88. The van der Waals surface area contributed by atoms with Gasteiger partial charge in [0.05, 0.1) is 11.1 Å². The van der Waals surface area contributed by atoms with Gasteiger partial charge in [0.2, 0.25) is 15.2 Å². The molecule has 1 aromatic carbocycles. The number of hydrogen-bond acceptors (Lipinski definition) is 7. The summed E-state index contributed by atoms with van der Waals surface area (Å²) >= 11 is 7.37. The molecule has 11 heteroatoms. The highest BCUT2D eigenvalue weighted by atomic mass is 35.5. The van der Waals surface area contributed by atoms with E-state index < -0.39 is 15.9 Å². The molecule has 152 valence electrons. The number of sulfonamides is 1. The van der Waals surface area contributed by atoms with E-state index in [1.54, 1.807) is 0 Å². The monoisotopic (exact) mass is 444 g/mol. The molecule has 0 aliphatic carbocycles. The number of aryl methyl sites for hydroxylation is 1. The fourth-order valence-electron chi connectivity index (χ4n) is 2.72. The summed E-state index contributed by atoms with van der Waals surface area (Å²) < 4.78 is 33.2. The first-order valence-electron chi connectivity index (χ1n) is 8.93. The molecule has 1 fully saturated rings. The van der Waals surface area contributed by atoms with Crippen molar-refractivity contribution in [1.29, 1.82) is 0 Å². The standard InChI is InChI=1S/C17H21ClN4O4S2/c1-2-4-15-21-22-17(27-15)20-16(23)11-6-7-13(18)14(9-11)28(24,25)19-10-12-5-3-8-26-12/h6-7,9,12,19H,2-5,8,10H2,1H3,(H,20,22,23)/t12-/m1/s1. The number of carbonyl (C=O) groups excluding carboxylic acids is 1. The fraction of sp³-hybridized carbons (Fsp3) is 0.471. The van der Waals surface area contributed by atoms with Gasteiger partial charge in [0.15, 0.2) is 0 Å². The van der Waals surface area contributed by atoms with Gasteiger partial charge in [-0.15, -0.1) is 10.2 Å². The predicted octanol–water partition coefficient (Wildman–Crippen LogP) is 2.85. The van der Waals surface area contributed by atoms with Crippen LogP contribution >= 0.6 is 22.9 Å². The molecule has 2 heterocycles. The molecule has 3 rings (SSSR count). The lowest BCUT2D eigenvalue weighted by atomic mass is 10.2. The van der Waals surface area contributed by atoms with Gasteiger partial charge in [-0.25, -0.2) is 13.1 Å². The van der Waals surface area contributed by atoms with Gasteiger partial charge in [0.1, 0.15) is 9.90 Å². The highest BCUT2D eigenvalue weighted by Crippen LogP contribution is 2.24. The van der Waals surface area contributed by atoms with Crippen molar-refractivity contribution in [3.8, 4) is 0 Å². The number of ether oxygens (including phenoxy) is 1. The van der Waals surface area contributed by atoms with E-state index in [0.29, 0.717) is 11.7 Å². The smallest absolute Gasteiger partial charge is 0.257 e. The number of aromatic nitrogens is 2. The van der Waals surface area contributed by atoms with Crippen LogP contribution in [0.1, 0.15) is 41.6 Å². The molecular weight excluding hydrogens is 424 g/mol. The van der Waals surface area contributed by atoms with Crippen LogP contribution in [0.4, 0.5) is 5.13 Å². The molecule has 2 N–H and O–H groups in total. The van der Waals surface area contributed by atoms with E-state index >= 15 is 0 Å². The minimum absolute atomic E-state index is 0.0394. The summed E-state index contributed by atoms with van der Waals surface area (Å²) in [6.45, 7) is 2.83. The summed E-state index contributed by atoms with van der Waals surface area (Å²) in [5.74, 6) is -0.480. The van der Waals surface area contributed by atoms with Crippen LogP contribution in [-0.4, -0.2) is 43.8 Å². The van der Waals surface area contributed by atoms with Gasteiger partial charge >= 0.3 is 0 Å². The van der Waals surface area contributed by atoms with E-state index in [1.807, 2.05) is 6.92 Å². The molecule has 0 bridgehead atoms. The molecule has 1 amide bonds. The lowest BCUT2D eigenvalue weighted by Crippen LogP contribution is -2.32. The lowest BCUT2D eigenvalue weighted by molar-refractivity contribution is 0.102. The van der Waals surface area contributed by atoms with Gasteiger partial charge < -0.3 is 4.74 Å². The number of nitrogens with one attached hydrogen (secondary N) is 2. The lowest BCUT2D eigenvalue weighted by Gasteiger charge is -2.13. The van der Waals surface area contributed by atoms with E-state index in [1.165, 1.54) is 29.5 Å². The second-order valence-electron chi connectivity index (χ2n) is 6.34. The number of rotatable bonds is 8. The molecule has 0 spiro atoms. The zero-order valence-corrected chi connectivity index (χ0v) is 17.7. The minimum Gasteiger partial charge on any atom is -0.377 e. The van der Waals surface area contributed by atoms with Crippen molar-refractivity contribution in [2.75, 3.05) is 18.5 Å². The normalized spacial score (nSPS) is 17.0. The third-order valence-electron chi connectivity index (χ3n) is 4.16. The van der Waals surface area contributed by atoms with Crippen molar-refractivity contribution in [3.05, 3.63) is 33.8 Å². The molecule has 2 aromatic rings. The van der Waals surface area contributed by atoms with E-state index in [-0.39, 0.29) is 28.1 Å². The number of amides is 1. The van der Waals surface area contributed by atoms with Crippen LogP contribution in [0, 0.1) is 0 Å². The van der Waals surface area contributed by atoms with Crippen molar-refractivity contribution in [2.45, 2.75) is 43.6 Å². The fourth-order valence-corrected chi connectivity index (χ4v) is 5.15. The largest absolute Gasteiger partial charge is 0.377 e. The van der Waals surface area contributed by atoms with E-state index in [2.05, 4.69) is 20.2 Å². The van der Waals surface area contributed by atoms with E-state index in [9.17, 15) is 13.2 Å². The van der Waals surface area contributed by atoms with Crippen LogP contribution in [-0.2, 0) is 21.2 Å². The van der Waals surface area contributed by atoms with Gasteiger partial charge in [0.25, 0.3) is 5.91 Å². The molecule has 0 unspecified atom stereocenters. The third kappa shape index (κ3) is 5.26. The molecule has 1 atom stereocenters. The Morgan fingerprint density at radius 1 is 1.39 bits per heavy atom. The molecular formula is C17H21ClN4O4S2. The van der Waals surface area contributed by atoms with Gasteiger partial charge in [-0.2, -0.15) is 0 Å². The van der Waals surface area contributed by atoms with Crippen LogP contribution in [0.5, 0.6) is 0 Å². The number of nitrogens with zero attached hydrogens (tertiary/aromatic N) is 2. The first kappa shape index (κ1) is 21.1. The molecule has 1 aliphatic heterocycles. The molecule has 28 heavy (non-hydrogen) atoms. The third-order valence-corrected chi connectivity index (χ3v) is 6.96. The molecule has 1 saturated heterocycles. The predicted molar refractivity (Wildman–Crippen MR) is 107 cm³/mol. The van der Waals surface area contributed by atoms with Crippen LogP contribution < -0.4 is 10.0 Å². The molecule has 0 radical (unpaired) electrons. The van der Waals surface area contributed by atoms with Gasteiger partial charge in [-0.05, 0) is 37.5 Å². The average Bonchev–Trinajstić information content (AvgIpc) is 3.33. The van der Waals surface area contributed by atoms with Crippen LogP contribution in [0.25, 0.3) is 0 Å². The van der Waals surface area contributed by atoms with Crippen LogP contribution in [0.2, 0.25) is 5.02 Å². The summed E-state index contributed by atoms with van der Waals surface area (Å²) in [4.78, 5) is 12.3. The second kappa shape index (κ2) is 9.27. The van der Waals surface area contributed by atoms with Crippen LogP contribution in [0.15, 0.2) is 23.1 Å². The maximum absolute atomic E-state index is 12.6. The maximum Gasteiger partial charge on any atom is 0.257 e. The first-order valence-corrected chi connectivity index (χ1v) is 11.6. The van der Waals surface area contributed by atoms with Crippen molar-refractivity contribution in [1.82, 2.24) is 14.9 Å². The van der Waals surface area contributed by atoms with Gasteiger partial charge in [0, 0.05) is 25.1 Å². The van der Waals surface area contributed by atoms with Crippen LogP contribution in [0.3, 0.4) is 0 Å². The van der Waals surface area contributed by atoms with Crippen molar-refractivity contribution in [2.24, 2.45) is 0 Å². The zero-order chi connectivity index (χ0) is 20.1. The highest BCUT2D eigenvalue weighted by molar-refractivity contribution is 7.89. The van der Waals surface area contributed by atoms with Gasteiger partial charge in [-0.1, -0.05) is 29.9 Å². The van der Waals surface area contributed by atoms with E-state index in [0.717, 1.165) is 30.7 Å². The minimum atomic E-state index is -3.88. The number of halogens is 1. The highest BCUT2D eigenvalue weighted by Gasteiger charge is 2.23. The average molecular weight is 445 g/mol. The van der Waals surface area contributed by atoms with Crippen molar-refractivity contribution >= 4 is 44.0 Å². The SMILES string of the molecule is CCCc1nnc(NC(=O)c2ccc(Cl)c(S(=O)(=O)NC[C@H]3CCCO3)c2)s1. The topological polar surface area (TPSA) is 110 Å². The summed E-state index contributed by atoms with van der Waals surface area (Å²) in [5.41, 5.74) is 0.161. The Hall–Kier alpha value is -1.59. The second-order valence-corrected chi connectivity index (χ2v) is 9.54. The number of benzene rings is 1. The Balaban J connectivity index is 1.72. The molecule has 0 saturated carbocycles. The Kier molecular flexibility index (Phi) is 7.00. The molecule has 1 aliphatic rings. The first-order chi connectivity index (χ1) is 13.4. The van der Waals surface area contributed by atoms with E-state index in [4.69, 9.17) is 16.3 Å². The number of anilines is 1.